The molecule has 37 heavy (non-hydrogen) atoms. The number of aromatic nitrogens is 1. The molecule has 4 aromatic carbocycles. The van der Waals surface area contributed by atoms with Gasteiger partial charge in [0.05, 0.1) is 19.0 Å². The molecule has 0 spiro atoms. The van der Waals surface area contributed by atoms with Crippen molar-refractivity contribution in [1.82, 2.24) is 4.98 Å². The number of ether oxygens (including phenoxy) is 2. The van der Waals surface area contributed by atoms with Crippen LogP contribution >= 0.6 is 11.3 Å². The quantitative estimate of drug-likeness (QED) is 0.158. The van der Waals surface area contributed by atoms with E-state index in [-0.39, 0.29) is 0 Å². The fourth-order valence-electron chi connectivity index (χ4n) is 3.98. The van der Waals surface area contributed by atoms with Crippen molar-refractivity contribution >= 4 is 22.7 Å². The minimum absolute atomic E-state index is 0.386. The molecule has 0 aliphatic carbocycles. The Balaban J connectivity index is 1.25. The van der Waals surface area contributed by atoms with E-state index >= 15 is 0 Å². The Hall–Kier alpha value is -4.42. The first-order valence-corrected chi connectivity index (χ1v) is 12.9. The molecule has 0 fully saturated rings. The van der Waals surface area contributed by atoms with E-state index in [1.54, 1.807) is 13.3 Å². The molecule has 0 saturated heterocycles. The lowest BCUT2D eigenvalue weighted by atomic mass is 10.0. The van der Waals surface area contributed by atoms with Crippen molar-refractivity contribution in [3.8, 4) is 22.8 Å². The first kappa shape index (κ1) is 24.3. The van der Waals surface area contributed by atoms with Crippen molar-refractivity contribution in [2.75, 3.05) is 12.5 Å². The van der Waals surface area contributed by atoms with Crippen molar-refractivity contribution < 1.29 is 9.47 Å². The highest BCUT2D eigenvalue weighted by atomic mass is 32.1. The van der Waals surface area contributed by atoms with Crippen LogP contribution in [-0.4, -0.2) is 18.3 Å². The second kappa shape index (κ2) is 12.0. The van der Waals surface area contributed by atoms with Gasteiger partial charge in [-0.2, -0.15) is 5.10 Å². The second-order valence-corrected chi connectivity index (χ2v) is 9.26. The number of nitrogens with zero attached hydrogens (tertiary/aromatic N) is 2. The van der Waals surface area contributed by atoms with Crippen LogP contribution in [0.25, 0.3) is 11.3 Å². The van der Waals surface area contributed by atoms with Gasteiger partial charge in [-0.05, 0) is 41.0 Å². The van der Waals surface area contributed by atoms with Gasteiger partial charge in [-0.25, -0.2) is 4.98 Å². The van der Waals surface area contributed by atoms with Crippen LogP contribution in [0.2, 0.25) is 0 Å². The third-order valence-corrected chi connectivity index (χ3v) is 6.59. The lowest BCUT2D eigenvalue weighted by Crippen LogP contribution is -2.02. The van der Waals surface area contributed by atoms with Gasteiger partial charge in [0, 0.05) is 22.9 Å². The smallest absolute Gasteiger partial charge is 0.203 e. The number of hydrogen-bond acceptors (Lipinski definition) is 6. The summed E-state index contributed by atoms with van der Waals surface area (Å²) < 4.78 is 11.8. The van der Waals surface area contributed by atoms with Crippen LogP contribution in [0, 0.1) is 0 Å². The van der Waals surface area contributed by atoms with E-state index < -0.39 is 0 Å². The van der Waals surface area contributed by atoms with Crippen LogP contribution in [0.3, 0.4) is 0 Å². The van der Waals surface area contributed by atoms with Gasteiger partial charge in [-0.15, -0.1) is 11.3 Å². The van der Waals surface area contributed by atoms with Gasteiger partial charge in [0.1, 0.15) is 18.1 Å². The SMILES string of the molecule is COc1ccc(C=NNc2nc(-c3ccccc3)cs2)cc1COc1ccccc1Cc1ccccc1. The van der Waals surface area contributed by atoms with Gasteiger partial charge in [-0.1, -0.05) is 78.9 Å². The first-order valence-electron chi connectivity index (χ1n) is 12.0. The number of para-hydroxylation sites is 1. The van der Waals surface area contributed by atoms with Crippen molar-refractivity contribution in [1.29, 1.82) is 0 Å². The minimum atomic E-state index is 0.386. The zero-order valence-electron chi connectivity index (χ0n) is 20.5. The van der Waals surface area contributed by atoms with Gasteiger partial charge in [0.2, 0.25) is 5.13 Å². The lowest BCUT2D eigenvalue weighted by molar-refractivity contribution is 0.294. The van der Waals surface area contributed by atoms with Gasteiger partial charge >= 0.3 is 0 Å². The number of hydrogen-bond donors (Lipinski definition) is 1. The number of thiazole rings is 1. The minimum Gasteiger partial charge on any atom is -0.496 e. The summed E-state index contributed by atoms with van der Waals surface area (Å²) in [6.45, 7) is 0.386. The van der Waals surface area contributed by atoms with Crippen molar-refractivity contribution in [3.05, 3.63) is 131 Å². The van der Waals surface area contributed by atoms with E-state index in [0.29, 0.717) is 6.61 Å². The normalized spacial score (nSPS) is 10.9. The summed E-state index contributed by atoms with van der Waals surface area (Å²) in [6, 6.07) is 34.6. The Morgan fingerprint density at radius 1 is 0.838 bits per heavy atom. The molecule has 0 bridgehead atoms. The third kappa shape index (κ3) is 6.42. The van der Waals surface area contributed by atoms with Crippen LogP contribution in [0.15, 0.2) is 114 Å². The molecule has 1 heterocycles. The predicted octanol–water partition coefficient (Wildman–Crippen LogP) is 7.43. The summed E-state index contributed by atoms with van der Waals surface area (Å²) in [4.78, 5) is 4.61. The number of rotatable bonds is 10. The van der Waals surface area contributed by atoms with Crippen LogP contribution in [0.5, 0.6) is 11.5 Å². The Labute approximate surface area is 221 Å². The molecule has 0 unspecified atom stereocenters. The Kier molecular flexibility index (Phi) is 7.88. The Morgan fingerprint density at radius 2 is 1.59 bits per heavy atom. The number of nitrogens with one attached hydrogen (secondary N) is 1. The van der Waals surface area contributed by atoms with E-state index in [1.807, 2.05) is 78.2 Å². The Bertz CT molecular complexity index is 1470. The summed E-state index contributed by atoms with van der Waals surface area (Å²) in [5.74, 6) is 1.64. The molecule has 0 aliphatic heterocycles. The van der Waals surface area contributed by atoms with E-state index in [0.717, 1.165) is 51.0 Å². The van der Waals surface area contributed by atoms with E-state index in [9.17, 15) is 0 Å². The summed E-state index contributed by atoms with van der Waals surface area (Å²) in [6.07, 6.45) is 2.59. The summed E-state index contributed by atoms with van der Waals surface area (Å²) in [5, 5.41) is 7.14. The predicted molar refractivity (Wildman–Crippen MR) is 152 cm³/mol. The van der Waals surface area contributed by atoms with Crippen LogP contribution < -0.4 is 14.9 Å². The topological polar surface area (TPSA) is 55.7 Å². The molecule has 1 aromatic heterocycles. The number of anilines is 1. The molecule has 184 valence electrons. The zero-order valence-corrected chi connectivity index (χ0v) is 21.3. The molecule has 6 heteroatoms. The maximum atomic E-state index is 6.26. The molecule has 0 amide bonds. The van der Waals surface area contributed by atoms with Gasteiger partial charge in [-0.3, -0.25) is 5.43 Å². The number of hydrazone groups is 1. The van der Waals surface area contributed by atoms with E-state index in [4.69, 9.17) is 9.47 Å². The van der Waals surface area contributed by atoms with Crippen molar-refractivity contribution in [2.45, 2.75) is 13.0 Å². The maximum absolute atomic E-state index is 6.26. The lowest BCUT2D eigenvalue weighted by Gasteiger charge is -2.14. The van der Waals surface area contributed by atoms with Gasteiger partial charge in [0.25, 0.3) is 0 Å². The van der Waals surface area contributed by atoms with Crippen molar-refractivity contribution in [3.63, 3.8) is 0 Å². The molecule has 1 N–H and O–H groups in total. The molecule has 5 nitrogen and oxygen atoms in total. The zero-order chi connectivity index (χ0) is 25.3. The average Bonchev–Trinajstić information content (AvgIpc) is 3.43. The Morgan fingerprint density at radius 3 is 2.41 bits per heavy atom. The molecule has 5 aromatic rings. The summed E-state index contributed by atoms with van der Waals surface area (Å²) >= 11 is 1.52. The van der Waals surface area contributed by atoms with Crippen LogP contribution in [-0.2, 0) is 13.0 Å². The largest absolute Gasteiger partial charge is 0.496 e. The van der Waals surface area contributed by atoms with Crippen LogP contribution in [0.4, 0.5) is 5.13 Å². The highest BCUT2D eigenvalue weighted by Crippen LogP contribution is 2.26. The summed E-state index contributed by atoms with van der Waals surface area (Å²) in [7, 11) is 1.67. The van der Waals surface area contributed by atoms with E-state index in [1.165, 1.54) is 16.9 Å². The summed E-state index contributed by atoms with van der Waals surface area (Å²) in [5.41, 5.74) is 9.32. The number of benzene rings is 4. The van der Waals surface area contributed by atoms with E-state index in [2.05, 4.69) is 45.8 Å². The first-order chi connectivity index (χ1) is 18.3. The molecule has 5 rings (SSSR count). The second-order valence-electron chi connectivity index (χ2n) is 8.40. The molecule has 0 aliphatic rings. The van der Waals surface area contributed by atoms with Crippen LogP contribution in [0.1, 0.15) is 22.3 Å². The molecular weight excluding hydrogens is 478 g/mol. The fourth-order valence-corrected chi connectivity index (χ4v) is 4.65. The highest BCUT2D eigenvalue weighted by molar-refractivity contribution is 7.14. The molecule has 0 saturated carbocycles. The van der Waals surface area contributed by atoms with Crippen molar-refractivity contribution in [2.24, 2.45) is 5.10 Å². The standard InChI is InChI=1S/C31H27N3O2S/c1-35-29-17-16-24(20-32-34-31-33-28(22-37-31)25-12-6-3-7-13-25)19-27(29)21-36-30-15-9-8-14-26(30)18-23-10-4-2-5-11-23/h2-17,19-20,22H,18,21H2,1H3,(H,33,34). The van der Waals surface area contributed by atoms with Gasteiger partial charge in [0.15, 0.2) is 0 Å². The maximum Gasteiger partial charge on any atom is 0.203 e. The highest BCUT2D eigenvalue weighted by Gasteiger charge is 2.09. The van der Waals surface area contributed by atoms with Gasteiger partial charge < -0.3 is 9.47 Å². The molecular formula is C31H27N3O2S. The molecule has 0 atom stereocenters. The fraction of sp³-hybridized carbons (Fsp3) is 0.0968. The molecule has 0 radical (unpaired) electrons. The number of methoxy groups -OCH3 is 1. The average molecular weight is 506 g/mol. The monoisotopic (exact) mass is 505 g/mol. The third-order valence-electron chi connectivity index (χ3n) is 5.85.